The van der Waals surface area contributed by atoms with Crippen LogP contribution in [0.5, 0.6) is 5.75 Å². The lowest BCUT2D eigenvalue weighted by atomic mass is 9.74. The summed E-state index contributed by atoms with van der Waals surface area (Å²) in [6, 6.07) is 17.3. The number of hydrogen-bond acceptors (Lipinski definition) is 7. The van der Waals surface area contributed by atoms with E-state index in [2.05, 4.69) is 60.7 Å². The first kappa shape index (κ1) is 33.1. The molecule has 0 aliphatic carbocycles. The molecule has 47 heavy (non-hydrogen) atoms. The predicted octanol–water partition coefficient (Wildman–Crippen LogP) is 5.49. The maximum Gasteiger partial charge on any atom is 0.247 e. The Morgan fingerprint density at radius 1 is 1.11 bits per heavy atom. The number of para-hydroxylation sites is 1. The molecule has 1 saturated heterocycles. The van der Waals surface area contributed by atoms with Crippen LogP contribution in [-0.2, 0) is 32.6 Å². The number of ether oxygens (including phenoxy) is 2. The highest BCUT2D eigenvalue weighted by Gasteiger charge is 2.39. The average molecular weight is 660 g/mol. The number of carbonyl (C=O) groups is 1. The molecule has 3 aromatic carbocycles. The lowest BCUT2D eigenvalue weighted by Crippen LogP contribution is -2.50. The summed E-state index contributed by atoms with van der Waals surface area (Å²) in [5.41, 5.74) is 5.94. The van der Waals surface area contributed by atoms with Gasteiger partial charge >= 0.3 is 0 Å². The zero-order valence-electron chi connectivity index (χ0n) is 28.1. The molecule has 2 aliphatic heterocycles. The van der Waals surface area contributed by atoms with Crippen molar-refractivity contribution in [3.8, 4) is 5.75 Å². The van der Waals surface area contributed by atoms with Gasteiger partial charge in [-0.1, -0.05) is 48.5 Å². The zero-order valence-corrected chi connectivity index (χ0v) is 28.9. The second kappa shape index (κ2) is 13.0. The number of benzene rings is 3. The van der Waals surface area contributed by atoms with E-state index < -0.39 is 15.6 Å². The largest absolute Gasteiger partial charge is 0.488 e. The van der Waals surface area contributed by atoms with Gasteiger partial charge in [-0.2, -0.15) is 4.31 Å². The molecule has 11 heteroatoms. The Kier molecular flexibility index (Phi) is 9.17. The van der Waals surface area contributed by atoms with Crippen LogP contribution in [0.3, 0.4) is 0 Å². The van der Waals surface area contributed by atoms with Gasteiger partial charge in [0, 0.05) is 31.2 Å². The Hall–Kier alpha value is -3.80. The molecular weight excluding hydrogens is 614 g/mol. The summed E-state index contributed by atoms with van der Waals surface area (Å²) in [5.74, 6) is -0.109. The molecular formula is C36H45N5O5S. The number of hydrogen-bond donors (Lipinski definition) is 1. The highest BCUT2D eigenvalue weighted by Crippen LogP contribution is 2.40. The number of fused-ring (bicyclic) bond motifs is 2. The van der Waals surface area contributed by atoms with Crippen molar-refractivity contribution in [2.75, 3.05) is 19.8 Å². The third-order valence-electron chi connectivity index (χ3n) is 9.74. The third-order valence-corrected chi connectivity index (χ3v) is 11.6. The van der Waals surface area contributed by atoms with Crippen LogP contribution in [0.1, 0.15) is 74.3 Å². The van der Waals surface area contributed by atoms with Crippen molar-refractivity contribution >= 4 is 27.0 Å². The van der Waals surface area contributed by atoms with E-state index in [9.17, 15) is 13.2 Å². The van der Waals surface area contributed by atoms with Crippen LogP contribution < -0.4 is 10.1 Å². The summed E-state index contributed by atoms with van der Waals surface area (Å²) in [6.07, 6.45) is 1.10. The minimum Gasteiger partial charge on any atom is -0.488 e. The number of aryl methyl sites for hydroxylation is 3. The predicted molar refractivity (Wildman–Crippen MR) is 181 cm³/mol. The van der Waals surface area contributed by atoms with E-state index in [1.807, 2.05) is 31.5 Å². The lowest BCUT2D eigenvalue weighted by molar-refractivity contribution is -0.126. The zero-order chi connectivity index (χ0) is 33.5. The first-order valence-corrected chi connectivity index (χ1v) is 18.0. The van der Waals surface area contributed by atoms with Crippen LogP contribution in [0.4, 0.5) is 0 Å². The Bertz CT molecular complexity index is 1900. The van der Waals surface area contributed by atoms with Crippen LogP contribution in [0.25, 0.3) is 11.0 Å². The van der Waals surface area contributed by atoms with E-state index in [4.69, 9.17) is 9.47 Å². The quantitative estimate of drug-likeness (QED) is 0.253. The fourth-order valence-corrected chi connectivity index (χ4v) is 8.55. The molecule has 2 unspecified atom stereocenters. The topological polar surface area (TPSA) is 116 Å². The molecule has 1 fully saturated rings. The Labute approximate surface area is 277 Å². The molecule has 2 aliphatic rings. The van der Waals surface area contributed by atoms with Gasteiger partial charge in [0.25, 0.3) is 0 Å². The van der Waals surface area contributed by atoms with Crippen molar-refractivity contribution < 1.29 is 22.7 Å². The summed E-state index contributed by atoms with van der Waals surface area (Å²) in [4.78, 5) is 13.7. The standard InChI is InChI=1S/C36H45N5O5S/c1-7-28-21-40(47(43,44)32-12-10-9-11-31(32)46-28)20-27-19-25(14-13-23(27)3)33(36(5,6)37-35(42)26-17-18-45-22-26)29-15-16-30-34(24(29)4)38-39-41(30)8-2/h9-16,19,26,28,33H,7-8,17-18,20-22H2,1-6H3,(H,37,42)/t26?,28-,33?/m1/s1. The first-order valence-electron chi connectivity index (χ1n) is 16.5. The Balaban J connectivity index is 1.44. The van der Waals surface area contributed by atoms with Crippen LogP contribution in [0, 0.1) is 19.8 Å². The van der Waals surface area contributed by atoms with Crippen molar-refractivity contribution in [2.24, 2.45) is 5.92 Å². The number of amides is 1. The molecule has 3 heterocycles. The van der Waals surface area contributed by atoms with Gasteiger partial charge in [-0.05, 0) is 93.5 Å². The van der Waals surface area contributed by atoms with E-state index in [0.717, 1.165) is 38.9 Å². The molecule has 10 nitrogen and oxygen atoms in total. The average Bonchev–Trinajstić information content (AvgIpc) is 3.72. The van der Waals surface area contributed by atoms with E-state index in [-0.39, 0.29) is 41.8 Å². The maximum atomic E-state index is 14.0. The molecule has 1 aromatic heterocycles. The number of sulfonamides is 1. The summed E-state index contributed by atoms with van der Waals surface area (Å²) in [5, 5.41) is 12.3. The molecule has 3 atom stereocenters. The molecule has 0 radical (unpaired) electrons. The fraction of sp³-hybridized carbons (Fsp3) is 0.472. The summed E-state index contributed by atoms with van der Waals surface area (Å²) in [6.45, 7) is 14.4. The maximum absolute atomic E-state index is 14.0. The van der Waals surface area contributed by atoms with Gasteiger partial charge in [-0.3, -0.25) is 4.79 Å². The molecule has 4 aromatic rings. The first-order chi connectivity index (χ1) is 22.4. The van der Waals surface area contributed by atoms with Gasteiger partial charge in [-0.15, -0.1) is 5.10 Å². The number of carbonyl (C=O) groups excluding carboxylic acids is 1. The van der Waals surface area contributed by atoms with E-state index in [0.29, 0.717) is 38.3 Å². The highest BCUT2D eigenvalue weighted by atomic mass is 32.2. The number of nitrogens with one attached hydrogen (secondary N) is 1. The molecule has 0 saturated carbocycles. The highest BCUT2D eigenvalue weighted by molar-refractivity contribution is 7.89. The Morgan fingerprint density at radius 3 is 2.62 bits per heavy atom. The summed E-state index contributed by atoms with van der Waals surface area (Å²) < 4.78 is 43.1. The van der Waals surface area contributed by atoms with Crippen LogP contribution in [0.2, 0.25) is 0 Å². The minimum absolute atomic E-state index is 0.0274. The van der Waals surface area contributed by atoms with Crippen molar-refractivity contribution in [2.45, 2.75) is 89.9 Å². The third kappa shape index (κ3) is 6.28. The van der Waals surface area contributed by atoms with Crippen LogP contribution >= 0.6 is 0 Å². The Morgan fingerprint density at radius 2 is 1.89 bits per heavy atom. The van der Waals surface area contributed by atoms with Crippen LogP contribution in [0.15, 0.2) is 59.5 Å². The van der Waals surface area contributed by atoms with Gasteiger partial charge in [0.15, 0.2) is 0 Å². The van der Waals surface area contributed by atoms with Gasteiger partial charge in [-0.25, -0.2) is 13.1 Å². The summed E-state index contributed by atoms with van der Waals surface area (Å²) >= 11 is 0. The van der Waals surface area contributed by atoms with Gasteiger partial charge in [0.1, 0.15) is 22.3 Å². The van der Waals surface area contributed by atoms with Crippen molar-refractivity contribution in [3.05, 3.63) is 82.4 Å². The lowest BCUT2D eigenvalue weighted by Gasteiger charge is -2.38. The monoisotopic (exact) mass is 659 g/mol. The number of nitrogens with zero attached hydrogens (tertiary/aromatic N) is 4. The number of aromatic nitrogens is 3. The van der Waals surface area contributed by atoms with E-state index in [1.54, 1.807) is 28.6 Å². The van der Waals surface area contributed by atoms with Crippen molar-refractivity contribution in [3.63, 3.8) is 0 Å². The van der Waals surface area contributed by atoms with Crippen molar-refractivity contribution in [1.29, 1.82) is 0 Å². The molecule has 1 amide bonds. The smallest absolute Gasteiger partial charge is 0.247 e. The second-order valence-electron chi connectivity index (χ2n) is 13.3. The second-order valence-corrected chi connectivity index (χ2v) is 15.2. The SMILES string of the molecule is CC[C@@H]1CN(Cc2cc(C(c3ccc4c(nnn4CC)c3C)C(C)(C)NC(=O)C3CCOC3)ccc2C)S(=O)(=O)c2ccccc2O1. The van der Waals surface area contributed by atoms with Gasteiger partial charge in [0.2, 0.25) is 15.9 Å². The number of rotatable bonds is 9. The molecule has 0 spiro atoms. The molecule has 1 N–H and O–H groups in total. The van der Waals surface area contributed by atoms with Gasteiger partial charge < -0.3 is 14.8 Å². The van der Waals surface area contributed by atoms with Crippen LogP contribution in [-0.4, -0.2) is 65.0 Å². The van der Waals surface area contributed by atoms with Crippen molar-refractivity contribution in [1.82, 2.24) is 24.6 Å². The normalized spacial score (nSPS) is 20.4. The molecule has 250 valence electrons. The minimum atomic E-state index is -3.83. The van der Waals surface area contributed by atoms with E-state index >= 15 is 0 Å². The molecule has 0 bridgehead atoms. The summed E-state index contributed by atoms with van der Waals surface area (Å²) in [7, 11) is -3.83. The molecule has 6 rings (SSSR count). The van der Waals surface area contributed by atoms with Gasteiger partial charge in [0.05, 0.1) is 24.6 Å². The van der Waals surface area contributed by atoms with E-state index in [1.165, 1.54) is 0 Å². The fourth-order valence-electron chi connectivity index (χ4n) is 6.98.